The number of likely N-dealkylation sites (tertiary alicyclic amines) is 1. The molecular formula is C22H21NO2. The van der Waals surface area contributed by atoms with E-state index >= 15 is 0 Å². The number of carbonyl (C=O) groups excluding carboxylic acids is 1. The van der Waals surface area contributed by atoms with E-state index in [0.717, 1.165) is 19.4 Å². The first-order valence-electron chi connectivity index (χ1n) is 8.81. The summed E-state index contributed by atoms with van der Waals surface area (Å²) >= 11 is 0. The molecule has 1 heterocycles. The predicted molar refractivity (Wildman–Crippen MR) is 98.2 cm³/mol. The fourth-order valence-corrected chi connectivity index (χ4v) is 4.02. The Hall–Kier alpha value is -2.73. The minimum atomic E-state index is -0.221. The molecule has 0 aromatic heterocycles. The highest BCUT2D eigenvalue weighted by Gasteiger charge is 2.31. The van der Waals surface area contributed by atoms with Gasteiger partial charge in [-0.05, 0) is 34.6 Å². The second-order valence-corrected chi connectivity index (χ2v) is 6.81. The zero-order valence-corrected chi connectivity index (χ0v) is 14.2. The monoisotopic (exact) mass is 331 g/mol. The molecule has 0 spiro atoms. The normalized spacial score (nSPS) is 18.5. The molecule has 2 aromatic carbocycles. The molecule has 1 unspecified atom stereocenters. The van der Waals surface area contributed by atoms with Crippen molar-refractivity contribution < 1.29 is 9.53 Å². The highest BCUT2D eigenvalue weighted by Crippen LogP contribution is 2.44. The van der Waals surface area contributed by atoms with Crippen molar-refractivity contribution in [1.82, 2.24) is 4.90 Å². The maximum Gasteiger partial charge on any atom is 0.409 e. The number of benzene rings is 2. The molecule has 126 valence electrons. The third kappa shape index (κ3) is 2.89. The third-order valence-electron chi connectivity index (χ3n) is 5.29. The predicted octanol–water partition coefficient (Wildman–Crippen LogP) is 4.28. The van der Waals surface area contributed by atoms with Crippen LogP contribution in [-0.4, -0.2) is 30.7 Å². The van der Waals surface area contributed by atoms with Crippen molar-refractivity contribution in [3.05, 3.63) is 59.7 Å². The number of hydrogen-bond acceptors (Lipinski definition) is 2. The van der Waals surface area contributed by atoms with Crippen LogP contribution in [-0.2, 0) is 4.74 Å². The van der Waals surface area contributed by atoms with Crippen molar-refractivity contribution in [2.24, 2.45) is 5.92 Å². The molecule has 3 nitrogen and oxygen atoms in total. The highest BCUT2D eigenvalue weighted by atomic mass is 16.6. The number of terminal acetylenes is 1. The van der Waals surface area contributed by atoms with Crippen LogP contribution in [0.3, 0.4) is 0 Å². The summed E-state index contributed by atoms with van der Waals surface area (Å²) in [6.07, 6.45) is 6.85. The summed E-state index contributed by atoms with van der Waals surface area (Å²) in [5.74, 6) is 3.21. The SMILES string of the molecule is C#CCC1CCN(C(=O)OCC2c3ccccc3-c3ccccc32)C1. The van der Waals surface area contributed by atoms with Crippen LogP contribution in [0.4, 0.5) is 4.79 Å². The first-order chi connectivity index (χ1) is 12.3. The van der Waals surface area contributed by atoms with E-state index in [4.69, 9.17) is 11.2 Å². The van der Waals surface area contributed by atoms with Gasteiger partial charge in [-0.25, -0.2) is 4.79 Å². The summed E-state index contributed by atoms with van der Waals surface area (Å²) in [5.41, 5.74) is 4.97. The van der Waals surface area contributed by atoms with Gasteiger partial charge in [0.15, 0.2) is 0 Å². The number of ether oxygens (including phenoxy) is 1. The minimum absolute atomic E-state index is 0.112. The number of carbonyl (C=O) groups is 1. The molecular weight excluding hydrogens is 310 g/mol. The van der Waals surface area contributed by atoms with Crippen molar-refractivity contribution in [2.75, 3.05) is 19.7 Å². The summed E-state index contributed by atoms with van der Waals surface area (Å²) in [6.45, 7) is 1.83. The van der Waals surface area contributed by atoms with Crippen molar-refractivity contribution in [3.63, 3.8) is 0 Å². The number of amides is 1. The quantitative estimate of drug-likeness (QED) is 0.786. The molecule has 1 saturated heterocycles. The second kappa shape index (κ2) is 6.64. The lowest BCUT2D eigenvalue weighted by Gasteiger charge is -2.19. The van der Waals surface area contributed by atoms with Crippen LogP contribution in [0.1, 0.15) is 29.9 Å². The highest BCUT2D eigenvalue weighted by molar-refractivity contribution is 5.79. The first-order valence-corrected chi connectivity index (χ1v) is 8.81. The number of hydrogen-bond donors (Lipinski definition) is 0. The average molecular weight is 331 g/mol. The van der Waals surface area contributed by atoms with Gasteiger partial charge < -0.3 is 9.64 Å². The fourth-order valence-electron chi connectivity index (χ4n) is 4.02. The maximum atomic E-state index is 12.4. The molecule has 4 rings (SSSR count). The van der Waals surface area contributed by atoms with Crippen molar-refractivity contribution in [1.29, 1.82) is 0 Å². The van der Waals surface area contributed by atoms with E-state index in [2.05, 4.69) is 42.3 Å². The fraction of sp³-hybridized carbons (Fsp3) is 0.318. The Morgan fingerprint density at radius 1 is 1.12 bits per heavy atom. The summed E-state index contributed by atoms with van der Waals surface area (Å²) in [7, 11) is 0. The zero-order chi connectivity index (χ0) is 17.2. The summed E-state index contributed by atoms with van der Waals surface area (Å²) < 4.78 is 5.69. The van der Waals surface area contributed by atoms with Gasteiger partial charge in [-0.2, -0.15) is 0 Å². The van der Waals surface area contributed by atoms with Gasteiger partial charge in [0.1, 0.15) is 6.61 Å². The van der Waals surface area contributed by atoms with Crippen LogP contribution in [0.2, 0.25) is 0 Å². The topological polar surface area (TPSA) is 29.5 Å². The standard InChI is InChI=1S/C22H21NO2/c1-2-7-16-12-13-23(14-16)22(24)25-15-21-19-10-5-3-8-17(19)18-9-4-6-11-20(18)21/h1,3-6,8-11,16,21H,7,12-15H2. The second-order valence-electron chi connectivity index (χ2n) is 6.81. The van der Waals surface area contributed by atoms with Gasteiger partial charge in [0.25, 0.3) is 0 Å². The number of rotatable bonds is 3. The van der Waals surface area contributed by atoms with Crippen LogP contribution in [0, 0.1) is 18.3 Å². The molecule has 2 aromatic rings. The number of fused-ring (bicyclic) bond motifs is 3. The first kappa shape index (κ1) is 15.8. The lowest BCUT2D eigenvalue weighted by atomic mass is 9.98. The van der Waals surface area contributed by atoms with Gasteiger partial charge in [-0.3, -0.25) is 0 Å². The van der Waals surface area contributed by atoms with Gasteiger partial charge >= 0.3 is 6.09 Å². The van der Waals surface area contributed by atoms with E-state index < -0.39 is 0 Å². The molecule has 1 fully saturated rings. The lowest BCUT2D eigenvalue weighted by molar-refractivity contribution is 0.107. The van der Waals surface area contributed by atoms with Crippen molar-refractivity contribution in [3.8, 4) is 23.5 Å². The maximum absolute atomic E-state index is 12.4. The molecule has 0 N–H and O–H groups in total. The van der Waals surface area contributed by atoms with Gasteiger partial charge in [0.2, 0.25) is 0 Å². The summed E-state index contributed by atoms with van der Waals surface area (Å²) in [6, 6.07) is 16.7. The van der Waals surface area contributed by atoms with Crippen molar-refractivity contribution in [2.45, 2.75) is 18.8 Å². The van der Waals surface area contributed by atoms with E-state index in [-0.39, 0.29) is 12.0 Å². The molecule has 3 heteroatoms. The van der Waals surface area contributed by atoms with E-state index in [1.807, 2.05) is 12.1 Å². The Bertz CT molecular complexity index is 790. The molecule has 0 saturated carbocycles. The minimum Gasteiger partial charge on any atom is -0.448 e. The smallest absolute Gasteiger partial charge is 0.409 e. The summed E-state index contributed by atoms with van der Waals surface area (Å²) in [4.78, 5) is 14.2. The molecule has 1 aliphatic heterocycles. The summed E-state index contributed by atoms with van der Waals surface area (Å²) in [5, 5.41) is 0. The molecule has 1 atom stereocenters. The van der Waals surface area contributed by atoms with Crippen LogP contribution >= 0.6 is 0 Å². The van der Waals surface area contributed by atoms with E-state index in [1.54, 1.807) is 4.90 Å². The molecule has 2 aliphatic rings. The zero-order valence-electron chi connectivity index (χ0n) is 14.2. The number of nitrogens with zero attached hydrogens (tertiary/aromatic N) is 1. The molecule has 1 aliphatic carbocycles. The Balaban J connectivity index is 1.47. The van der Waals surface area contributed by atoms with Crippen LogP contribution in [0.5, 0.6) is 0 Å². The average Bonchev–Trinajstić information content (AvgIpc) is 3.23. The van der Waals surface area contributed by atoms with Crippen LogP contribution in [0.25, 0.3) is 11.1 Å². The van der Waals surface area contributed by atoms with E-state index in [9.17, 15) is 4.79 Å². The molecule has 0 bridgehead atoms. The Morgan fingerprint density at radius 2 is 1.76 bits per heavy atom. The van der Waals surface area contributed by atoms with Gasteiger partial charge in [0, 0.05) is 25.4 Å². The molecule has 0 radical (unpaired) electrons. The van der Waals surface area contributed by atoms with E-state index in [0.29, 0.717) is 19.1 Å². The van der Waals surface area contributed by atoms with Gasteiger partial charge in [0.05, 0.1) is 0 Å². The van der Waals surface area contributed by atoms with Crippen molar-refractivity contribution >= 4 is 6.09 Å². The van der Waals surface area contributed by atoms with Gasteiger partial charge in [-0.15, -0.1) is 12.3 Å². The third-order valence-corrected chi connectivity index (χ3v) is 5.29. The van der Waals surface area contributed by atoms with Crippen LogP contribution < -0.4 is 0 Å². The lowest BCUT2D eigenvalue weighted by Crippen LogP contribution is -2.30. The van der Waals surface area contributed by atoms with Crippen LogP contribution in [0.15, 0.2) is 48.5 Å². The largest absolute Gasteiger partial charge is 0.448 e. The van der Waals surface area contributed by atoms with E-state index in [1.165, 1.54) is 22.3 Å². The Kier molecular flexibility index (Phi) is 4.19. The Morgan fingerprint density at radius 3 is 2.40 bits per heavy atom. The molecule has 1 amide bonds. The molecule has 25 heavy (non-hydrogen) atoms. The van der Waals surface area contributed by atoms with Gasteiger partial charge in [-0.1, -0.05) is 48.5 Å². The Labute approximate surface area is 148 Å².